The molecule has 9 heteroatoms. The van der Waals surface area contributed by atoms with Crippen molar-refractivity contribution < 1.29 is 19.1 Å². The van der Waals surface area contributed by atoms with E-state index >= 15 is 0 Å². The SMILES string of the molecule is CC(=O)Oc1c(C)c(C)c2c(c1C)C=C(C(=O)Nc1ccccc1-c1nn[nH]n1)CO2. The maximum Gasteiger partial charge on any atom is 0.308 e. The van der Waals surface area contributed by atoms with Gasteiger partial charge in [0.1, 0.15) is 18.1 Å². The van der Waals surface area contributed by atoms with Gasteiger partial charge in [-0.1, -0.05) is 12.1 Å². The Morgan fingerprint density at radius 2 is 1.90 bits per heavy atom. The van der Waals surface area contributed by atoms with Gasteiger partial charge in [0.2, 0.25) is 5.82 Å². The molecule has 0 unspecified atom stereocenters. The fourth-order valence-electron chi connectivity index (χ4n) is 3.54. The van der Waals surface area contributed by atoms with Crippen LogP contribution in [0.25, 0.3) is 17.5 Å². The molecule has 2 N–H and O–H groups in total. The third-order valence-corrected chi connectivity index (χ3v) is 5.22. The summed E-state index contributed by atoms with van der Waals surface area (Å²) in [5.74, 6) is 0.848. The van der Waals surface area contributed by atoms with E-state index in [9.17, 15) is 9.59 Å². The smallest absolute Gasteiger partial charge is 0.308 e. The van der Waals surface area contributed by atoms with Crippen LogP contribution in [0.1, 0.15) is 29.2 Å². The second-order valence-corrected chi connectivity index (χ2v) is 7.23. The summed E-state index contributed by atoms with van der Waals surface area (Å²) in [7, 11) is 0. The average molecular weight is 419 g/mol. The fourth-order valence-corrected chi connectivity index (χ4v) is 3.54. The van der Waals surface area contributed by atoms with Gasteiger partial charge in [-0.25, -0.2) is 0 Å². The molecule has 158 valence electrons. The van der Waals surface area contributed by atoms with Crippen molar-refractivity contribution in [1.82, 2.24) is 20.6 Å². The topological polar surface area (TPSA) is 119 Å². The summed E-state index contributed by atoms with van der Waals surface area (Å²) >= 11 is 0. The van der Waals surface area contributed by atoms with Crippen molar-refractivity contribution in [2.75, 3.05) is 11.9 Å². The lowest BCUT2D eigenvalue weighted by Gasteiger charge is -2.24. The van der Waals surface area contributed by atoms with Crippen LogP contribution in [0.5, 0.6) is 11.5 Å². The van der Waals surface area contributed by atoms with Crippen LogP contribution < -0.4 is 14.8 Å². The first-order chi connectivity index (χ1) is 14.9. The van der Waals surface area contributed by atoms with Crippen molar-refractivity contribution >= 4 is 23.6 Å². The quantitative estimate of drug-likeness (QED) is 0.492. The van der Waals surface area contributed by atoms with Crippen molar-refractivity contribution in [1.29, 1.82) is 0 Å². The van der Waals surface area contributed by atoms with Crippen molar-refractivity contribution in [2.24, 2.45) is 0 Å². The lowest BCUT2D eigenvalue weighted by atomic mass is 9.94. The number of hydrogen-bond acceptors (Lipinski definition) is 7. The first-order valence-corrected chi connectivity index (χ1v) is 9.66. The second kappa shape index (κ2) is 8.02. The van der Waals surface area contributed by atoms with Crippen LogP contribution in [0.2, 0.25) is 0 Å². The Hall–Kier alpha value is -4.01. The Labute approximate surface area is 178 Å². The van der Waals surface area contributed by atoms with Crippen LogP contribution in [0.3, 0.4) is 0 Å². The molecule has 0 fully saturated rings. The Morgan fingerprint density at radius 3 is 2.61 bits per heavy atom. The number of H-pyrrole nitrogens is 1. The molecule has 1 aliphatic rings. The first-order valence-electron chi connectivity index (χ1n) is 9.66. The number of aromatic amines is 1. The molecule has 31 heavy (non-hydrogen) atoms. The molecule has 3 aromatic rings. The number of anilines is 1. The fraction of sp³-hybridized carbons (Fsp3) is 0.227. The largest absolute Gasteiger partial charge is 0.488 e. The van der Waals surface area contributed by atoms with Gasteiger partial charge in [-0.15, -0.1) is 10.2 Å². The van der Waals surface area contributed by atoms with Crippen molar-refractivity contribution in [3.8, 4) is 22.9 Å². The normalized spacial score (nSPS) is 12.5. The molecule has 9 nitrogen and oxygen atoms in total. The van der Waals surface area contributed by atoms with E-state index in [1.165, 1.54) is 6.92 Å². The average Bonchev–Trinajstić information content (AvgIpc) is 3.29. The van der Waals surface area contributed by atoms with E-state index < -0.39 is 5.97 Å². The molecule has 0 spiro atoms. The van der Waals surface area contributed by atoms with E-state index in [1.54, 1.807) is 18.2 Å². The van der Waals surface area contributed by atoms with E-state index in [0.29, 0.717) is 34.1 Å². The number of ether oxygens (including phenoxy) is 2. The number of hydrogen-bond donors (Lipinski definition) is 2. The summed E-state index contributed by atoms with van der Waals surface area (Å²) in [6.07, 6.45) is 1.78. The van der Waals surface area contributed by atoms with Gasteiger partial charge in [0.15, 0.2) is 0 Å². The number of nitrogens with zero attached hydrogens (tertiary/aromatic N) is 3. The van der Waals surface area contributed by atoms with Gasteiger partial charge in [0.05, 0.1) is 11.3 Å². The number of nitrogens with one attached hydrogen (secondary N) is 2. The molecular formula is C22H21N5O4. The number of amides is 1. The zero-order valence-corrected chi connectivity index (χ0v) is 17.6. The predicted octanol–water partition coefficient (Wildman–Crippen LogP) is 3.13. The minimum atomic E-state index is -0.401. The van der Waals surface area contributed by atoms with Gasteiger partial charge < -0.3 is 14.8 Å². The molecule has 0 atom stereocenters. The Kier molecular flexibility index (Phi) is 5.24. The van der Waals surface area contributed by atoms with E-state index in [0.717, 1.165) is 22.3 Å². The van der Waals surface area contributed by atoms with Crippen LogP contribution in [0, 0.1) is 20.8 Å². The number of benzene rings is 2. The lowest BCUT2D eigenvalue weighted by molar-refractivity contribution is -0.132. The van der Waals surface area contributed by atoms with Crippen LogP contribution in [-0.2, 0) is 9.59 Å². The zero-order chi connectivity index (χ0) is 22.1. The molecule has 0 radical (unpaired) electrons. The summed E-state index contributed by atoms with van der Waals surface area (Å²) in [6.45, 7) is 7.11. The van der Waals surface area contributed by atoms with Gasteiger partial charge in [-0.2, -0.15) is 5.21 Å². The highest BCUT2D eigenvalue weighted by Gasteiger charge is 2.25. The summed E-state index contributed by atoms with van der Waals surface area (Å²) in [6, 6.07) is 7.19. The zero-order valence-electron chi connectivity index (χ0n) is 17.6. The minimum Gasteiger partial charge on any atom is -0.488 e. The number of esters is 1. The third kappa shape index (κ3) is 3.77. The van der Waals surface area contributed by atoms with Crippen molar-refractivity contribution in [2.45, 2.75) is 27.7 Å². The summed E-state index contributed by atoms with van der Waals surface area (Å²) in [5.41, 5.74) is 4.81. The lowest BCUT2D eigenvalue weighted by Crippen LogP contribution is -2.22. The number of aromatic nitrogens is 4. The molecule has 1 aromatic heterocycles. The molecule has 0 saturated heterocycles. The van der Waals surface area contributed by atoms with Crippen molar-refractivity contribution in [3.63, 3.8) is 0 Å². The van der Waals surface area contributed by atoms with Crippen LogP contribution in [0.4, 0.5) is 5.69 Å². The standard InChI is InChI=1S/C22H21N5O4/c1-11-12(2)20-17(13(3)19(11)31-14(4)28)9-15(10-30-20)22(29)23-18-8-6-5-7-16(18)21-24-26-27-25-21/h5-9H,10H2,1-4H3,(H,23,29)(H,24,25,26,27). The third-order valence-electron chi connectivity index (χ3n) is 5.22. The first kappa shape index (κ1) is 20.3. The van der Waals surface area contributed by atoms with Gasteiger partial charge >= 0.3 is 5.97 Å². The Morgan fingerprint density at radius 1 is 1.13 bits per heavy atom. The number of tetrazole rings is 1. The number of fused-ring (bicyclic) bond motifs is 1. The van der Waals surface area contributed by atoms with Gasteiger partial charge in [0.25, 0.3) is 5.91 Å². The predicted molar refractivity (Wildman–Crippen MR) is 114 cm³/mol. The summed E-state index contributed by atoms with van der Waals surface area (Å²) in [5, 5.41) is 16.8. The highest BCUT2D eigenvalue weighted by atomic mass is 16.5. The number of para-hydroxylation sites is 1. The van der Waals surface area contributed by atoms with Gasteiger partial charge in [0, 0.05) is 23.6 Å². The maximum absolute atomic E-state index is 13.0. The molecule has 0 bridgehead atoms. The highest BCUT2D eigenvalue weighted by molar-refractivity contribution is 6.09. The van der Waals surface area contributed by atoms with E-state index in [2.05, 4.69) is 25.9 Å². The number of carbonyl (C=O) groups is 2. The van der Waals surface area contributed by atoms with Crippen LogP contribution >= 0.6 is 0 Å². The summed E-state index contributed by atoms with van der Waals surface area (Å²) in [4.78, 5) is 24.6. The van der Waals surface area contributed by atoms with Gasteiger partial charge in [-0.05, 0) is 55.3 Å². The maximum atomic E-state index is 13.0. The van der Waals surface area contributed by atoms with Crippen molar-refractivity contribution in [3.05, 3.63) is 52.1 Å². The Bertz CT molecular complexity index is 1220. The second-order valence-electron chi connectivity index (χ2n) is 7.23. The van der Waals surface area contributed by atoms with E-state index in [1.807, 2.05) is 32.9 Å². The highest BCUT2D eigenvalue weighted by Crippen LogP contribution is 2.41. The van der Waals surface area contributed by atoms with Gasteiger partial charge in [-0.3, -0.25) is 9.59 Å². The monoisotopic (exact) mass is 419 g/mol. The van der Waals surface area contributed by atoms with E-state index in [4.69, 9.17) is 9.47 Å². The molecule has 0 aliphatic carbocycles. The van der Waals surface area contributed by atoms with Crippen LogP contribution in [0.15, 0.2) is 29.8 Å². The Balaban J connectivity index is 1.69. The van der Waals surface area contributed by atoms with E-state index in [-0.39, 0.29) is 12.5 Å². The molecule has 2 heterocycles. The van der Waals surface area contributed by atoms with Crippen LogP contribution in [-0.4, -0.2) is 39.1 Å². The molecule has 1 aliphatic heterocycles. The number of rotatable bonds is 4. The summed E-state index contributed by atoms with van der Waals surface area (Å²) < 4.78 is 11.4. The number of carbonyl (C=O) groups excluding carboxylic acids is 2. The molecule has 0 saturated carbocycles. The minimum absolute atomic E-state index is 0.121. The molecular weight excluding hydrogens is 398 g/mol. The molecule has 4 rings (SSSR count). The molecule has 1 amide bonds. The molecule has 2 aromatic carbocycles.